The van der Waals surface area contributed by atoms with Crippen molar-refractivity contribution in [2.75, 3.05) is 27.4 Å². The van der Waals surface area contributed by atoms with Crippen LogP contribution in [0.4, 0.5) is 0 Å². The predicted octanol–water partition coefficient (Wildman–Crippen LogP) is 1.73. The van der Waals surface area contributed by atoms with Crippen molar-refractivity contribution in [1.29, 1.82) is 0 Å². The lowest BCUT2D eigenvalue weighted by atomic mass is 10.3. The number of thiophene rings is 1. The maximum absolute atomic E-state index is 12.6. The number of hydrogen-bond donors (Lipinski definition) is 1. The zero-order chi connectivity index (χ0) is 15.9. The summed E-state index contributed by atoms with van der Waals surface area (Å²) in [6, 6.07) is 5.16. The zero-order valence-corrected chi connectivity index (χ0v) is 13.3. The number of amides is 1. The molecule has 1 amide bonds. The fourth-order valence-electron chi connectivity index (χ4n) is 1.96. The van der Waals surface area contributed by atoms with Crippen LogP contribution >= 0.6 is 11.3 Å². The molecular weight excluding hydrogens is 304 g/mol. The number of pyridine rings is 1. The van der Waals surface area contributed by atoms with Crippen LogP contribution < -0.4 is 10.2 Å². The number of carbonyl (C=O) groups is 1. The van der Waals surface area contributed by atoms with E-state index in [4.69, 9.17) is 9.47 Å². The van der Waals surface area contributed by atoms with Crippen LogP contribution in [0.5, 0.6) is 5.75 Å². The maximum Gasteiger partial charge on any atom is 0.270 e. The highest BCUT2D eigenvalue weighted by atomic mass is 32.1. The van der Waals surface area contributed by atoms with E-state index in [9.17, 15) is 9.59 Å². The van der Waals surface area contributed by atoms with Crippen molar-refractivity contribution in [2.24, 2.45) is 0 Å². The molecule has 0 saturated heterocycles. The SMILES string of the molecule is COCCN(Cc1cccs1)C(=O)c1cc(=O)c(OC)c[nH]1. The van der Waals surface area contributed by atoms with E-state index < -0.39 is 0 Å². The molecule has 0 aromatic carbocycles. The number of ether oxygens (including phenoxy) is 2. The van der Waals surface area contributed by atoms with Crippen LogP contribution in [-0.4, -0.2) is 43.2 Å². The van der Waals surface area contributed by atoms with Crippen LogP contribution in [-0.2, 0) is 11.3 Å². The lowest BCUT2D eigenvalue weighted by molar-refractivity contribution is 0.0676. The summed E-state index contributed by atoms with van der Waals surface area (Å²) in [5.41, 5.74) is -0.0918. The molecule has 0 atom stereocenters. The van der Waals surface area contributed by atoms with Gasteiger partial charge in [-0.2, -0.15) is 0 Å². The van der Waals surface area contributed by atoms with E-state index in [0.717, 1.165) is 4.88 Å². The number of aromatic nitrogens is 1. The van der Waals surface area contributed by atoms with Gasteiger partial charge in [0, 0.05) is 30.8 Å². The van der Waals surface area contributed by atoms with E-state index in [1.54, 1.807) is 23.3 Å². The molecule has 0 fully saturated rings. The Kier molecular flexibility index (Phi) is 5.74. The standard InChI is InChI=1S/C15H18N2O4S/c1-20-6-5-17(10-11-4-3-7-22-11)15(19)12-8-13(18)14(21-2)9-16-12/h3-4,7-9H,5-6,10H2,1-2H3,(H,16,18). The summed E-state index contributed by atoms with van der Waals surface area (Å²) in [5, 5.41) is 1.96. The number of aromatic amines is 1. The first-order valence-corrected chi connectivity index (χ1v) is 7.61. The van der Waals surface area contributed by atoms with Gasteiger partial charge < -0.3 is 19.4 Å². The Morgan fingerprint density at radius 2 is 2.23 bits per heavy atom. The van der Waals surface area contributed by atoms with Crippen LogP contribution in [0, 0.1) is 0 Å². The van der Waals surface area contributed by atoms with E-state index in [-0.39, 0.29) is 22.8 Å². The second-order valence-electron chi connectivity index (χ2n) is 4.58. The average Bonchev–Trinajstić information content (AvgIpc) is 3.03. The molecule has 0 bridgehead atoms. The lowest BCUT2D eigenvalue weighted by Gasteiger charge is -2.21. The molecule has 0 spiro atoms. The van der Waals surface area contributed by atoms with E-state index in [1.807, 2.05) is 17.5 Å². The smallest absolute Gasteiger partial charge is 0.270 e. The van der Waals surface area contributed by atoms with Crippen LogP contribution in [0.15, 0.2) is 34.6 Å². The third-order valence-corrected chi connectivity index (χ3v) is 3.97. The molecule has 22 heavy (non-hydrogen) atoms. The minimum atomic E-state index is -0.326. The monoisotopic (exact) mass is 322 g/mol. The molecule has 7 heteroatoms. The fraction of sp³-hybridized carbons (Fsp3) is 0.333. The Balaban J connectivity index is 2.20. The molecule has 2 aromatic rings. The molecule has 0 saturated carbocycles. The van der Waals surface area contributed by atoms with E-state index >= 15 is 0 Å². The Hall–Kier alpha value is -2.12. The number of H-pyrrole nitrogens is 1. The van der Waals surface area contributed by atoms with Gasteiger partial charge in [0.15, 0.2) is 5.75 Å². The summed E-state index contributed by atoms with van der Waals surface area (Å²) in [5.74, 6) is -0.0662. The summed E-state index contributed by atoms with van der Waals surface area (Å²) in [4.78, 5) is 29.9. The van der Waals surface area contributed by atoms with Gasteiger partial charge in [0.25, 0.3) is 5.91 Å². The number of hydrogen-bond acceptors (Lipinski definition) is 5. The molecule has 0 radical (unpaired) electrons. The molecule has 118 valence electrons. The van der Waals surface area contributed by atoms with Crippen LogP contribution in [0.25, 0.3) is 0 Å². The van der Waals surface area contributed by atoms with Crippen LogP contribution in [0.1, 0.15) is 15.4 Å². The van der Waals surface area contributed by atoms with Gasteiger partial charge in [-0.25, -0.2) is 0 Å². The van der Waals surface area contributed by atoms with Gasteiger partial charge in [-0.1, -0.05) is 6.07 Å². The van der Waals surface area contributed by atoms with E-state index in [0.29, 0.717) is 19.7 Å². The highest BCUT2D eigenvalue weighted by Gasteiger charge is 2.18. The molecule has 0 unspecified atom stereocenters. The second kappa shape index (κ2) is 7.77. The largest absolute Gasteiger partial charge is 0.491 e. The number of nitrogens with zero attached hydrogens (tertiary/aromatic N) is 1. The van der Waals surface area contributed by atoms with Crippen molar-refractivity contribution >= 4 is 17.2 Å². The van der Waals surface area contributed by atoms with Crippen molar-refractivity contribution in [3.63, 3.8) is 0 Å². The predicted molar refractivity (Wildman–Crippen MR) is 84.6 cm³/mol. The van der Waals surface area contributed by atoms with Crippen molar-refractivity contribution in [2.45, 2.75) is 6.54 Å². The summed E-state index contributed by atoms with van der Waals surface area (Å²) in [6.45, 7) is 1.35. The van der Waals surface area contributed by atoms with Gasteiger partial charge in [0.05, 0.1) is 20.3 Å². The van der Waals surface area contributed by atoms with Gasteiger partial charge in [0.1, 0.15) is 5.69 Å². The van der Waals surface area contributed by atoms with Crippen molar-refractivity contribution in [3.05, 3.63) is 50.6 Å². The number of carbonyl (C=O) groups excluding carboxylic acids is 1. The highest BCUT2D eigenvalue weighted by molar-refractivity contribution is 7.09. The molecule has 0 aliphatic carbocycles. The Labute approximate surface area is 132 Å². The Morgan fingerprint density at radius 1 is 1.41 bits per heavy atom. The van der Waals surface area contributed by atoms with Crippen molar-refractivity contribution in [1.82, 2.24) is 9.88 Å². The fourth-order valence-corrected chi connectivity index (χ4v) is 2.68. The first-order valence-electron chi connectivity index (χ1n) is 6.73. The molecule has 0 aliphatic heterocycles. The van der Waals surface area contributed by atoms with Crippen molar-refractivity contribution in [3.8, 4) is 5.75 Å². The molecule has 6 nitrogen and oxygen atoms in total. The third-order valence-electron chi connectivity index (χ3n) is 3.11. The molecule has 1 N–H and O–H groups in total. The molecule has 2 heterocycles. The van der Waals surface area contributed by atoms with E-state index in [1.165, 1.54) is 19.4 Å². The minimum absolute atomic E-state index is 0.179. The van der Waals surface area contributed by atoms with Crippen LogP contribution in [0.3, 0.4) is 0 Å². The lowest BCUT2D eigenvalue weighted by Crippen LogP contribution is -2.34. The molecule has 2 rings (SSSR count). The normalized spacial score (nSPS) is 10.5. The maximum atomic E-state index is 12.6. The van der Waals surface area contributed by atoms with Crippen molar-refractivity contribution < 1.29 is 14.3 Å². The minimum Gasteiger partial charge on any atom is -0.491 e. The number of rotatable bonds is 7. The summed E-state index contributed by atoms with van der Waals surface area (Å²) in [7, 11) is 3.00. The topological polar surface area (TPSA) is 71.6 Å². The quantitative estimate of drug-likeness (QED) is 0.843. The van der Waals surface area contributed by atoms with Crippen LogP contribution in [0.2, 0.25) is 0 Å². The highest BCUT2D eigenvalue weighted by Crippen LogP contribution is 2.14. The molecule has 0 aliphatic rings. The molecular formula is C15H18N2O4S. The van der Waals surface area contributed by atoms with Gasteiger partial charge in [-0.05, 0) is 11.4 Å². The Morgan fingerprint density at radius 3 is 2.82 bits per heavy atom. The van der Waals surface area contributed by atoms with E-state index in [2.05, 4.69) is 4.98 Å². The number of methoxy groups -OCH3 is 2. The Bertz CT molecular complexity index is 666. The molecule has 2 aromatic heterocycles. The van der Waals surface area contributed by atoms with Gasteiger partial charge in [0.2, 0.25) is 5.43 Å². The summed E-state index contributed by atoms with van der Waals surface area (Å²) in [6.07, 6.45) is 1.40. The first-order chi connectivity index (χ1) is 10.7. The second-order valence-corrected chi connectivity index (χ2v) is 5.61. The first kappa shape index (κ1) is 16.3. The van der Waals surface area contributed by atoms with Gasteiger partial charge >= 0.3 is 0 Å². The van der Waals surface area contributed by atoms with Gasteiger partial charge in [-0.15, -0.1) is 11.3 Å². The average molecular weight is 322 g/mol. The summed E-state index contributed by atoms with van der Waals surface area (Å²) >= 11 is 1.58. The summed E-state index contributed by atoms with van der Waals surface area (Å²) < 4.78 is 9.96. The zero-order valence-electron chi connectivity index (χ0n) is 12.5. The van der Waals surface area contributed by atoms with Gasteiger partial charge in [-0.3, -0.25) is 9.59 Å². The number of nitrogens with one attached hydrogen (secondary N) is 1. The third kappa shape index (κ3) is 3.96.